The number of hydrogen-bond donors (Lipinski definition) is 1. The van der Waals surface area contributed by atoms with Crippen molar-refractivity contribution in [2.45, 2.75) is 31.3 Å². The van der Waals surface area contributed by atoms with Crippen molar-refractivity contribution >= 4 is 21.4 Å². The first-order chi connectivity index (χ1) is 8.69. The van der Waals surface area contributed by atoms with Crippen LogP contribution in [0.1, 0.15) is 30.6 Å². The molecule has 1 heterocycles. The Labute approximate surface area is 109 Å². The van der Waals surface area contributed by atoms with Crippen molar-refractivity contribution in [1.29, 1.82) is 0 Å². The maximum Gasteiger partial charge on any atom is 0.123 e. The average molecular weight is 262 g/mol. The van der Waals surface area contributed by atoms with E-state index in [0.717, 1.165) is 27.8 Å². The van der Waals surface area contributed by atoms with Crippen LogP contribution in [0.2, 0.25) is 0 Å². The summed E-state index contributed by atoms with van der Waals surface area (Å²) in [5, 5.41) is 11.8. The molecular formula is C15H15FOS. The number of thiophene rings is 1. The normalized spacial score (nSPS) is 34.6. The number of benzene rings is 1. The van der Waals surface area contributed by atoms with Crippen LogP contribution in [0.3, 0.4) is 0 Å². The first-order valence-electron chi connectivity index (χ1n) is 6.61. The van der Waals surface area contributed by atoms with Crippen LogP contribution in [0.5, 0.6) is 0 Å². The number of aliphatic hydroxyl groups is 1. The van der Waals surface area contributed by atoms with Crippen LogP contribution in [0.25, 0.3) is 10.1 Å². The van der Waals surface area contributed by atoms with E-state index in [1.54, 1.807) is 17.4 Å². The van der Waals surface area contributed by atoms with E-state index in [0.29, 0.717) is 11.8 Å². The molecule has 0 spiro atoms. The van der Waals surface area contributed by atoms with Crippen LogP contribution in [0, 0.1) is 17.7 Å². The molecule has 0 radical (unpaired) electrons. The molecule has 0 saturated heterocycles. The number of fused-ring (bicyclic) bond motifs is 2. The molecular weight excluding hydrogens is 247 g/mol. The summed E-state index contributed by atoms with van der Waals surface area (Å²) in [4.78, 5) is 1.04. The molecule has 0 amide bonds. The number of rotatable bonds is 1. The third kappa shape index (κ3) is 1.35. The van der Waals surface area contributed by atoms with E-state index in [9.17, 15) is 9.50 Å². The summed E-state index contributed by atoms with van der Waals surface area (Å²) in [6, 6.07) is 6.85. The topological polar surface area (TPSA) is 20.2 Å². The molecule has 1 aromatic heterocycles. The first kappa shape index (κ1) is 10.9. The van der Waals surface area contributed by atoms with Crippen molar-refractivity contribution in [3.05, 3.63) is 35.0 Å². The molecule has 0 bridgehead atoms. The Morgan fingerprint density at radius 1 is 1.17 bits per heavy atom. The quantitative estimate of drug-likeness (QED) is 0.822. The van der Waals surface area contributed by atoms with E-state index in [1.165, 1.54) is 18.9 Å². The van der Waals surface area contributed by atoms with E-state index in [-0.39, 0.29) is 5.82 Å². The van der Waals surface area contributed by atoms with Crippen molar-refractivity contribution in [3.8, 4) is 0 Å². The minimum absolute atomic E-state index is 0.202. The first-order valence-corrected chi connectivity index (χ1v) is 7.43. The van der Waals surface area contributed by atoms with Gasteiger partial charge in [-0.3, -0.25) is 0 Å². The highest BCUT2D eigenvalue weighted by Gasteiger charge is 2.65. The van der Waals surface area contributed by atoms with E-state index in [4.69, 9.17) is 0 Å². The van der Waals surface area contributed by atoms with Gasteiger partial charge >= 0.3 is 0 Å². The van der Waals surface area contributed by atoms with Crippen LogP contribution in [0.4, 0.5) is 4.39 Å². The zero-order chi connectivity index (χ0) is 12.3. The fraction of sp³-hybridized carbons (Fsp3) is 0.467. The van der Waals surface area contributed by atoms with Gasteiger partial charge in [0.15, 0.2) is 0 Å². The van der Waals surface area contributed by atoms with Gasteiger partial charge in [-0.15, -0.1) is 11.3 Å². The summed E-state index contributed by atoms with van der Waals surface area (Å²) in [7, 11) is 0. The Kier molecular flexibility index (Phi) is 2.16. The number of hydrogen-bond acceptors (Lipinski definition) is 2. The molecule has 1 aromatic carbocycles. The predicted molar refractivity (Wildman–Crippen MR) is 71.1 cm³/mol. The summed E-state index contributed by atoms with van der Waals surface area (Å²) >= 11 is 1.62. The van der Waals surface area contributed by atoms with Crippen molar-refractivity contribution in [2.24, 2.45) is 11.8 Å². The zero-order valence-electron chi connectivity index (χ0n) is 10.0. The van der Waals surface area contributed by atoms with E-state index < -0.39 is 5.60 Å². The Morgan fingerprint density at radius 3 is 2.61 bits per heavy atom. The highest BCUT2D eigenvalue weighted by Crippen LogP contribution is 2.65. The minimum Gasteiger partial charge on any atom is -0.384 e. The molecule has 1 nitrogen and oxygen atoms in total. The second-order valence-corrected chi connectivity index (χ2v) is 6.70. The Hall–Kier alpha value is -0.930. The molecule has 0 aliphatic heterocycles. The largest absolute Gasteiger partial charge is 0.384 e. The molecule has 18 heavy (non-hydrogen) atoms. The Bertz CT molecular complexity index is 606. The van der Waals surface area contributed by atoms with Gasteiger partial charge in [0, 0.05) is 9.58 Å². The van der Waals surface area contributed by atoms with E-state index in [2.05, 4.69) is 0 Å². The highest BCUT2D eigenvalue weighted by atomic mass is 32.1. The van der Waals surface area contributed by atoms with Crippen LogP contribution in [0.15, 0.2) is 24.3 Å². The van der Waals surface area contributed by atoms with Gasteiger partial charge in [0.25, 0.3) is 0 Å². The Morgan fingerprint density at radius 2 is 1.89 bits per heavy atom. The van der Waals surface area contributed by atoms with Gasteiger partial charge < -0.3 is 5.11 Å². The standard InChI is InChI=1S/C15H15FOS/c16-10-5-6-13-9(7-10)8-14(18-13)15(17)11-3-1-2-4-12(11)15/h5-8,11-12,17H,1-4H2. The van der Waals surface area contributed by atoms with Crippen molar-refractivity contribution < 1.29 is 9.50 Å². The van der Waals surface area contributed by atoms with Crippen molar-refractivity contribution in [1.82, 2.24) is 0 Å². The molecule has 2 fully saturated rings. The fourth-order valence-corrected chi connectivity index (χ4v) is 4.93. The third-order valence-corrected chi connectivity index (χ3v) is 5.92. The lowest BCUT2D eigenvalue weighted by molar-refractivity contribution is 0.122. The smallest absolute Gasteiger partial charge is 0.123 e. The van der Waals surface area contributed by atoms with Crippen LogP contribution in [-0.4, -0.2) is 5.11 Å². The highest BCUT2D eigenvalue weighted by molar-refractivity contribution is 7.19. The van der Waals surface area contributed by atoms with Crippen LogP contribution in [-0.2, 0) is 5.60 Å². The lowest BCUT2D eigenvalue weighted by Gasteiger charge is -2.06. The molecule has 2 aliphatic rings. The van der Waals surface area contributed by atoms with E-state index in [1.807, 2.05) is 12.1 Å². The average Bonchev–Trinajstić information content (AvgIpc) is 2.80. The Balaban J connectivity index is 1.79. The molecule has 4 rings (SSSR count). The van der Waals surface area contributed by atoms with Crippen molar-refractivity contribution in [2.75, 3.05) is 0 Å². The van der Waals surface area contributed by atoms with Gasteiger partial charge in [-0.2, -0.15) is 0 Å². The maximum absolute atomic E-state index is 13.2. The SMILES string of the molecule is OC1(c2cc3cc(F)ccc3s2)C2CCCCC21. The predicted octanol–water partition coefficient (Wildman–Crippen LogP) is 4.05. The molecule has 2 aromatic rings. The van der Waals surface area contributed by atoms with Crippen molar-refractivity contribution in [3.63, 3.8) is 0 Å². The second kappa shape index (κ2) is 3.55. The van der Waals surface area contributed by atoms with Gasteiger partial charge in [0.2, 0.25) is 0 Å². The maximum atomic E-state index is 13.2. The lowest BCUT2D eigenvalue weighted by atomic mass is 10.0. The molecule has 3 heteroatoms. The summed E-state index contributed by atoms with van der Waals surface area (Å²) < 4.78 is 14.3. The van der Waals surface area contributed by atoms with Crippen LogP contribution < -0.4 is 0 Å². The van der Waals surface area contributed by atoms with Crippen LogP contribution >= 0.6 is 11.3 Å². The molecule has 2 saturated carbocycles. The molecule has 1 N–H and O–H groups in total. The fourth-order valence-electron chi connectivity index (χ4n) is 3.67. The minimum atomic E-state index is -0.601. The van der Waals surface area contributed by atoms with Gasteiger partial charge in [0.05, 0.1) is 0 Å². The summed E-state index contributed by atoms with van der Waals surface area (Å²) in [5.74, 6) is 0.695. The number of halogens is 1. The molecule has 2 atom stereocenters. The third-order valence-electron chi connectivity index (χ3n) is 4.66. The van der Waals surface area contributed by atoms with Gasteiger partial charge in [-0.1, -0.05) is 12.8 Å². The van der Waals surface area contributed by atoms with Gasteiger partial charge in [0.1, 0.15) is 11.4 Å². The molecule has 2 unspecified atom stereocenters. The molecule has 94 valence electrons. The second-order valence-electron chi connectivity index (χ2n) is 5.62. The van der Waals surface area contributed by atoms with Gasteiger partial charge in [-0.25, -0.2) is 4.39 Å². The summed E-state index contributed by atoms with van der Waals surface area (Å²) in [6.45, 7) is 0. The summed E-state index contributed by atoms with van der Waals surface area (Å²) in [6.07, 6.45) is 4.76. The molecule has 2 aliphatic carbocycles. The zero-order valence-corrected chi connectivity index (χ0v) is 10.8. The van der Waals surface area contributed by atoms with E-state index >= 15 is 0 Å². The lowest BCUT2D eigenvalue weighted by Crippen LogP contribution is -2.07. The van der Waals surface area contributed by atoms with Gasteiger partial charge in [-0.05, 0) is 54.3 Å². The summed E-state index contributed by atoms with van der Waals surface area (Å²) in [5.41, 5.74) is -0.601. The monoisotopic (exact) mass is 262 g/mol.